The average molecular weight is 299 g/mol. The molecule has 1 aromatic carbocycles. The minimum atomic E-state index is -0.398. The van der Waals surface area contributed by atoms with Crippen molar-refractivity contribution in [1.29, 1.82) is 0 Å². The SMILES string of the molecule is C=CCCN1C(=O)[C@@H]2C(c3ccc(C(=O)OC)cc3)[C@@H]2C1=O. The quantitative estimate of drug-likeness (QED) is 0.472. The fraction of sp³-hybridized carbons (Fsp3) is 0.353. The number of carbonyl (C=O) groups is 3. The zero-order chi connectivity index (χ0) is 15.9. The summed E-state index contributed by atoms with van der Waals surface area (Å²) in [6, 6.07) is 6.92. The predicted octanol–water partition coefficient (Wildman–Crippen LogP) is 1.75. The number of rotatable bonds is 5. The number of methoxy groups -OCH3 is 1. The Balaban J connectivity index is 1.73. The van der Waals surface area contributed by atoms with Crippen molar-refractivity contribution >= 4 is 17.8 Å². The number of carbonyl (C=O) groups excluding carboxylic acids is 3. The first-order valence-corrected chi connectivity index (χ1v) is 7.24. The Hall–Kier alpha value is -2.43. The molecule has 1 saturated carbocycles. The largest absolute Gasteiger partial charge is 0.465 e. The zero-order valence-corrected chi connectivity index (χ0v) is 12.3. The van der Waals surface area contributed by atoms with E-state index in [0.29, 0.717) is 18.5 Å². The van der Waals surface area contributed by atoms with Crippen LogP contribution in [0.15, 0.2) is 36.9 Å². The standard InChI is InChI=1S/C17H17NO4/c1-3-4-9-18-15(19)13-12(14(13)16(18)20)10-5-7-11(8-6-10)17(21)22-2/h3,5-8,12-14H,1,4,9H2,2H3/t12?,13-,14+. The number of esters is 1. The number of ether oxygens (including phenoxy) is 1. The molecule has 1 aliphatic carbocycles. The maximum atomic E-state index is 12.3. The van der Waals surface area contributed by atoms with Gasteiger partial charge >= 0.3 is 5.97 Å². The molecule has 22 heavy (non-hydrogen) atoms. The second-order valence-corrected chi connectivity index (χ2v) is 5.60. The molecule has 0 spiro atoms. The van der Waals surface area contributed by atoms with Gasteiger partial charge in [-0.15, -0.1) is 6.58 Å². The van der Waals surface area contributed by atoms with E-state index in [2.05, 4.69) is 11.3 Å². The van der Waals surface area contributed by atoms with E-state index in [1.54, 1.807) is 30.3 Å². The minimum Gasteiger partial charge on any atom is -0.465 e. The third-order valence-electron chi connectivity index (χ3n) is 4.40. The van der Waals surface area contributed by atoms with E-state index in [0.717, 1.165) is 5.56 Å². The van der Waals surface area contributed by atoms with Gasteiger partial charge in [0.25, 0.3) is 0 Å². The average Bonchev–Trinajstić information content (AvgIpc) is 3.24. The first-order chi connectivity index (χ1) is 10.6. The molecule has 0 radical (unpaired) electrons. The van der Waals surface area contributed by atoms with Crippen LogP contribution in [0.5, 0.6) is 0 Å². The monoisotopic (exact) mass is 299 g/mol. The molecule has 3 atom stereocenters. The summed E-state index contributed by atoms with van der Waals surface area (Å²) in [6.07, 6.45) is 2.32. The number of piperidine rings is 1. The van der Waals surface area contributed by atoms with Crippen LogP contribution in [0.2, 0.25) is 0 Å². The first kappa shape index (κ1) is 14.5. The van der Waals surface area contributed by atoms with Gasteiger partial charge in [0.1, 0.15) is 0 Å². The Morgan fingerprint density at radius 2 is 1.77 bits per heavy atom. The number of hydrogen-bond donors (Lipinski definition) is 0. The Morgan fingerprint density at radius 1 is 1.18 bits per heavy atom. The number of hydrogen-bond acceptors (Lipinski definition) is 4. The van der Waals surface area contributed by atoms with E-state index in [9.17, 15) is 14.4 Å². The van der Waals surface area contributed by atoms with Crippen LogP contribution in [0, 0.1) is 11.8 Å². The molecular formula is C17H17NO4. The lowest BCUT2D eigenvalue weighted by Crippen LogP contribution is -2.34. The van der Waals surface area contributed by atoms with E-state index < -0.39 is 5.97 Å². The van der Waals surface area contributed by atoms with Gasteiger partial charge in [-0.25, -0.2) is 4.79 Å². The molecule has 1 aromatic rings. The van der Waals surface area contributed by atoms with Crippen LogP contribution in [0.4, 0.5) is 0 Å². The van der Waals surface area contributed by atoms with Crippen molar-refractivity contribution < 1.29 is 19.1 Å². The fourth-order valence-electron chi connectivity index (χ4n) is 3.21. The Labute approximate surface area is 128 Å². The minimum absolute atomic E-state index is 0.0494. The summed E-state index contributed by atoms with van der Waals surface area (Å²) in [5, 5.41) is 0. The van der Waals surface area contributed by atoms with E-state index in [-0.39, 0.29) is 29.6 Å². The first-order valence-electron chi connectivity index (χ1n) is 7.24. The predicted molar refractivity (Wildman–Crippen MR) is 79.0 cm³/mol. The molecule has 0 bridgehead atoms. The summed E-state index contributed by atoms with van der Waals surface area (Å²) in [5.41, 5.74) is 1.38. The van der Waals surface area contributed by atoms with Gasteiger partial charge in [-0.1, -0.05) is 18.2 Å². The second kappa shape index (κ2) is 5.40. The van der Waals surface area contributed by atoms with Gasteiger partial charge in [-0.2, -0.15) is 0 Å². The van der Waals surface area contributed by atoms with Crippen molar-refractivity contribution in [3.63, 3.8) is 0 Å². The summed E-state index contributed by atoms with van der Waals surface area (Å²) in [6.45, 7) is 4.03. The van der Waals surface area contributed by atoms with Crippen LogP contribution < -0.4 is 0 Å². The molecule has 1 unspecified atom stereocenters. The van der Waals surface area contributed by atoms with Crippen LogP contribution in [0.3, 0.4) is 0 Å². The van der Waals surface area contributed by atoms with Gasteiger partial charge < -0.3 is 4.74 Å². The molecule has 1 saturated heterocycles. The molecule has 3 rings (SSSR count). The van der Waals surface area contributed by atoms with Crippen LogP contribution in [0.1, 0.15) is 28.3 Å². The summed E-state index contributed by atoms with van der Waals surface area (Å²) < 4.78 is 4.65. The van der Waals surface area contributed by atoms with Crippen molar-refractivity contribution in [1.82, 2.24) is 4.90 Å². The van der Waals surface area contributed by atoms with E-state index >= 15 is 0 Å². The lowest BCUT2D eigenvalue weighted by Gasteiger charge is -2.17. The Bertz CT molecular complexity index is 627. The van der Waals surface area contributed by atoms with Crippen molar-refractivity contribution in [2.45, 2.75) is 12.3 Å². The lowest BCUT2D eigenvalue weighted by molar-refractivity contribution is -0.141. The smallest absolute Gasteiger partial charge is 0.337 e. The number of imide groups is 1. The molecule has 2 amide bonds. The molecule has 0 N–H and O–H groups in total. The maximum absolute atomic E-state index is 12.3. The van der Waals surface area contributed by atoms with Gasteiger partial charge in [-0.3, -0.25) is 14.5 Å². The third kappa shape index (κ3) is 2.13. The molecule has 0 aromatic heterocycles. The van der Waals surface area contributed by atoms with Gasteiger partial charge in [0.2, 0.25) is 11.8 Å². The van der Waals surface area contributed by atoms with Crippen LogP contribution in [-0.4, -0.2) is 36.3 Å². The van der Waals surface area contributed by atoms with Crippen LogP contribution in [-0.2, 0) is 14.3 Å². The number of amides is 2. The molecule has 1 aliphatic heterocycles. The molecule has 5 heteroatoms. The van der Waals surface area contributed by atoms with Crippen LogP contribution >= 0.6 is 0 Å². The van der Waals surface area contributed by atoms with Crippen molar-refractivity contribution in [2.24, 2.45) is 11.8 Å². The molecule has 114 valence electrons. The van der Waals surface area contributed by atoms with Gasteiger partial charge in [0.15, 0.2) is 0 Å². The van der Waals surface area contributed by atoms with Gasteiger partial charge in [0, 0.05) is 12.5 Å². The number of likely N-dealkylation sites (tertiary alicyclic amines) is 1. The molecule has 2 fully saturated rings. The van der Waals surface area contributed by atoms with Crippen LogP contribution in [0.25, 0.3) is 0 Å². The molecule has 2 aliphatic rings. The summed E-state index contributed by atoms with van der Waals surface area (Å²) in [7, 11) is 1.33. The normalized spacial score (nSPS) is 25.9. The van der Waals surface area contributed by atoms with E-state index in [1.165, 1.54) is 12.0 Å². The lowest BCUT2D eigenvalue weighted by atomic mass is 10.0. The Morgan fingerprint density at radius 3 is 2.27 bits per heavy atom. The van der Waals surface area contributed by atoms with Gasteiger partial charge in [-0.05, 0) is 24.1 Å². The van der Waals surface area contributed by atoms with Crippen molar-refractivity contribution in [2.75, 3.05) is 13.7 Å². The zero-order valence-electron chi connectivity index (χ0n) is 12.3. The second-order valence-electron chi connectivity index (χ2n) is 5.60. The number of benzene rings is 1. The van der Waals surface area contributed by atoms with Gasteiger partial charge in [0.05, 0.1) is 24.5 Å². The fourth-order valence-corrected chi connectivity index (χ4v) is 3.21. The highest BCUT2D eigenvalue weighted by atomic mass is 16.5. The molecule has 1 heterocycles. The number of nitrogens with zero attached hydrogens (tertiary/aromatic N) is 1. The maximum Gasteiger partial charge on any atom is 0.337 e. The van der Waals surface area contributed by atoms with E-state index in [1.807, 2.05) is 0 Å². The summed E-state index contributed by atoms with van der Waals surface area (Å²) >= 11 is 0. The summed E-state index contributed by atoms with van der Waals surface area (Å²) in [4.78, 5) is 37.3. The highest BCUT2D eigenvalue weighted by Gasteiger charge is 2.67. The van der Waals surface area contributed by atoms with Crippen molar-refractivity contribution in [3.8, 4) is 0 Å². The Kier molecular flexibility index (Phi) is 3.56. The number of fused-ring (bicyclic) bond motifs is 1. The topological polar surface area (TPSA) is 63.7 Å². The summed E-state index contributed by atoms with van der Waals surface area (Å²) in [5.74, 6) is -1.09. The molecule has 5 nitrogen and oxygen atoms in total. The highest BCUT2D eigenvalue weighted by molar-refractivity contribution is 6.10. The van der Waals surface area contributed by atoms with Crippen molar-refractivity contribution in [3.05, 3.63) is 48.0 Å². The third-order valence-corrected chi connectivity index (χ3v) is 4.40. The highest BCUT2D eigenvalue weighted by Crippen LogP contribution is 2.59. The van der Waals surface area contributed by atoms with E-state index in [4.69, 9.17) is 0 Å². The molecular weight excluding hydrogens is 282 g/mol.